The van der Waals surface area contributed by atoms with Crippen molar-refractivity contribution >= 4 is 28.1 Å². The molecule has 0 aliphatic rings. The first kappa shape index (κ1) is 11.5. The number of aryl methyl sites for hydroxylation is 2. The average Bonchev–Trinajstić information content (AvgIpc) is 2.69. The maximum absolute atomic E-state index is 5.19. The van der Waals surface area contributed by atoms with E-state index in [1.165, 1.54) is 0 Å². The summed E-state index contributed by atoms with van der Waals surface area (Å²) in [5, 5.41) is 4.29. The minimum absolute atomic E-state index is 0.566. The van der Waals surface area contributed by atoms with Gasteiger partial charge in [0.2, 0.25) is 0 Å². The van der Waals surface area contributed by atoms with Gasteiger partial charge in [0.1, 0.15) is 10.3 Å². The normalized spacial score (nSPS) is 10.7. The number of hydrogen-bond donors (Lipinski definition) is 1. The minimum Gasteiger partial charge on any atom is -0.341 e. The Labute approximate surface area is 107 Å². The van der Waals surface area contributed by atoms with E-state index in [4.69, 9.17) is 12.2 Å². The van der Waals surface area contributed by atoms with Crippen molar-refractivity contribution in [3.63, 3.8) is 0 Å². The number of halogens is 1. The molecule has 2 heterocycles. The van der Waals surface area contributed by atoms with Crippen LogP contribution in [0.4, 0.5) is 0 Å². The van der Waals surface area contributed by atoms with Crippen LogP contribution in [0.15, 0.2) is 16.7 Å². The fourth-order valence-corrected chi connectivity index (χ4v) is 2.09. The van der Waals surface area contributed by atoms with Gasteiger partial charge in [0.25, 0.3) is 0 Å². The summed E-state index contributed by atoms with van der Waals surface area (Å²) in [6.45, 7) is 2.06. The van der Waals surface area contributed by atoms with Crippen molar-refractivity contribution in [2.24, 2.45) is 7.05 Å². The van der Waals surface area contributed by atoms with Gasteiger partial charge in [-0.2, -0.15) is 5.10 Å². The van der Waals surface area contributed by atoms with Crippen molar-refractivity contribution in [1.82, 2.24) is 19.7 Å². The highest BCUT2D eigenvalue weighted by Crippen LogP contribution is 2.20. The van der Waals surface area contributed by atoms with E-state index in [0.29, 0.717) is 10.5 Å². The van der Waals surface area contributed by atoms with Gasteiger partial charge in [-0.1, -0.05) is 19.1 Å². The zero-order chi connectivity index (χ0) is 11.7. The predicted octanol–water partition coefficient (Wildman–Crippen LogP) is 2.86. The Morgan fingerprint density at radius 2 is 2.31 bits per heavy atom. The molecule has 0 bridgehead atoms. The Morgan fingerprint density at radius 1 is 1.56 bits per heavy atom. The van der Waals surface area contributed by atoms with E-state index in [-0.39, 0.29) is 0 Å². The summed E-state index contributed by atoms with van der Waals surface area (Å²) in [5.74, 6) is 0.714. The molecule has 0 amide bonds. The molecular weight excluding hydrogens is 288 g/mol. The summed E-state index contributed by atoms with van der Waals surface area (Å²) >= 11 is 8.62. The molecule has 0 unspecified atom stereocenters. The van der Waals surface area contributed by atoms with E-state index in [1.807, 2.05) is 19.3 Å². The molecule has 16 heavy (non-hydrogen) atoms. The lowest BCUT2D eigenvalue weighted by Crippen LogP contribution is -1.98. The summed E-state index contributed by atoms with van der Waals surface area (Å²) in [4.78, 5) is 7.53. The third-order valence-corrected chi connectivity index (χ3v) is 3.66. The van der Waals surface area contributed by atoms with E-state index in [1.54, 1.807) is 4.68 Å². The van der Waals surface area contributed by atoms with Gasteiger partial charge in [0, 0.05) is 18.9 Å². The number of nitrogens with one attached hydrogen (secondary N) is 1. The van der Waals surface area contributed by atoms with Crippen molar-refractivity contribution in [3.05, 3.63) is 27.1 Å². The van der Waals surface area contributed by atoms with Crippen molar-refractivity contribution in [2.75, 3.05) is 0 Å². The Kier molecular flexibility index (Phi) is 3.20. The SMILES string of the molecule is CCc1[nH]c(-c2ccn(C)n2)nc(=S)c1Br. The maximum Gasteiger partial charge on any atom is 0.159 e. The van der Waals surface area contributed by atoms with E-state index >= 15 is 0 Å². The molecule has 0 spiro atoms. The molecule has 0 aromatic carbocycles. The Morgan fingerprint density at radius 3 is 2.88 bits per heavy atom. The van der Waals surface area contributed by atoms with Crippen LogP contribution in [0.5, 0.6) is 0 Å². The lowest BCUT2D eigenvalue weighted by molar-refractivity contribution is 0.768. The Bertz CT molecular complexity index is 572. The van der Waals surface area contributed by atoms with Crippen LogP contribution in [0, 0.1) is 4.64 Å². The first-order valence-electron chi connectivity index (χ1n) is 4.90. The first-order valence-corrected chi connectivity index (χ1v) is 6.10. The average molecular weight is 299 g/mol. The molecular formula is C10H11BrN4S. The maximum atomic E-state index is 5.19. The second-order valence-electron chi connectivity index (χ2n) is 3.41. The van der Waals surface area contributed by atoms with Gasteiger partial charge in [-0.25, -0.2) is 4.98 Å². The standard InChI is InChI=1S/C10H11BrN4S/c1-3-6-8(11)10(16)13-9(12-6)7-4-5-15(2)14-7/h4-5H,3H2,1-2H3,(H,12,13,16). The fourth-order valence-electron chi connectivity index (χ4n) is 1.41. The van der Waals surface area contributed by atoms with Gasteiger partial charge < -0.3 is 4.98 Å². The van der Waals surface area contributed by atoms with Crippen LogP contribution in [0.2, 0.25) is 0 Å². The van der Waals surface area contributed by atoms with Crippen molar-refractivity contribution < 1.29 is 0 Å². The van der Waals surface area contributed by atoms with Crippen LogP contribution in [0.3, 0.4) is 0 Å². The van der Waals surface area contributed by atoms with E-state index in [9.17, 15) is 0 Å². The lowest BCUT2D eigenvalue weighted by Gasteiger charge is -2.04. The second-order valence-corrected chi connectivity index (χ2v) is 4.59. The van der Waals surface area contributed by atoms with Crippen LogP contribution in [0.1, 0.15) is 12.6 Å². The highest BCUT2D eigenvalue weighted by molar-refractivity contribution is 9.10. The van der Waals surface area contributed by atoms with Crippen molar-refractivity contribution in [2.45, 2.75) is 13.3 Å². The van der Waals surface area contributed by atoms with Crippen LogP contribution in [-0.2, 0) is 13.5 Å². The monoisotopic (exact) mass is 298 g/mol. The molecule has 0 radical (unpaired) electrons. The fraction of sp³-hybridized carbons (Fsp3) is 0.300. The molecule has 0 saturated heterocycles. The molecule has 0 atom stereocenters. The molecule has 1 N–H and O–H groups in total. The molecule has 0 fully saturated rings. The minimum atomic E-state index is 0.566. The topological polar surface area (TPSA) is 46.5 Å². The highest BCUT2D eigenvalue weighted by atomic mass is 79.9. The molecule has 84 valence electrons. The van der Waals surface area contributed by atoms with Crippen LogP contribution in [0.25, 0.3) is 11.5 Å². The summed E-state index contributed by atoms with van der Waals surface area (Å²) in [5.41, 5.74) is 1.84. The molecule has 2 aromatic rings. The number of H-pyrrole nitrogens is 1. The summed E-state index contributed by atoms with van der Waals surface area (Å²) in [6.07, 6.45) is 2.74. The summed E-state index contributed by atoms with van der Waals surface area (Å²) < 4.78 is 3.17. The number of hydrogen-bond acceptors (Lipinski definition) is 3. The molecule has 6 heteroatoms. The Balaban J connectivity index is 2.59. The summed E-state index contributed by atoms with van der Waals surface area (Å²) in [7, 11) is 1.87. The zero-order valence-corrected chi connectivity index (χ0v) is 11.4. The van der Waals surface area contributed by atoms with Crippen LogP contribution in [-0.4, -0.2) is 19.7 Å². The largest absolute Gasteiger partial charge is 0.341 e. The molecule has 0 aliphatic heterocycles. The predicted molar refractivity (Wildman–Crippen MR) is 68.7 cm³/mol. The molecule has 4 nitrogen and oxygen atoms in total. The zero-order valence-electron chi connectivity index (χ0n) is 8.99. The van der Waals surface area contributed by atoms with Crippen LogP contribution >= 0.6 is 28.1 Å². The van der Waals surface area contributed by atoms with Gasteiger partial charge in [-0.05, 0) is 28.4 Å². The first-order chi connectivity index (χ1) is 7.61. The summed E-state index contributed by atoms with van der Waals surface area (Å²) in [6, 6.07) is 1.90. The third kappa shape index (κ3) is 2.08. The lowest BCUT2D eigenvalue weighted by atomic mass is 10.3. The second kappa shape index (κ2) is 4.47. The smallest absolute Gasteiger partial charge is 0.159 e. The molecule has 0 saturated carbocycles. The Hall–Kier alpha value is -1.01. The molecule has 2 rings (SSSR count). The van der Waals surface area contributed by atoms with Gasteiger partial charge >= 0.3 is 0 Å². The van der Waals surface area contributed by atoms with Gasteiger partial charge in [-0.3, -0.25) is 4.68 Å². The highest BCUT2D eigenvalue weighted by Gasteiger charge is 2.08. The molecule has 0 aliphatic carbocycles. The van der Waals surface area contributed by atoms with E-state index in [2.05, 4.69) is 37.9 Å². The number of rotatable bonds is 2. The number of aromatic amines is 1. The van der Waals surface area contributed by atoms with E-state index < -0.39 is 0 Å². The molecule has 2 aromatic heterocycles. The van der Waals surface area contributed by atoms with Crippen LogP contribution < -0.4 is 0 Å². The number of aromatic nitrogens is 4. The third-order valence-electron chi connectivity index (χ3n) is 2.25. The van der Waals surface area contributed by atoms with E-state index in [0.717, 1.165) is 22.3 Å². The number of nitrogens with zero attached hydrogens (tertiary/aromatic N) is 3. The van der Waals surface area contributed by atoms with Crippen molar-refractivity contribution in [1.29, 1.82) is 0 Å². The van der Waals surface area contributed by atoms with Gasteiger partial charge in [-0.15, -0.1) is 0 Å². The quantitative estimate of drug-likeness (QED) is 0.867. The van der Waals surface area contributed by atoms with Gasteiger partial charge in [0.05, 0.1) is 4.47 Å². The van der Waals surface area contributed by atoms with Crippen molar-refractivity contribution in [3.8, 4) is 11.5 Å². The van der Waals surface area contributed by atoms with Gasteiger partial charge in [0.15, 0.2) is 5.82 Å².